The van der Waals surface area contributed by atoms with Crippen LogP contribution in [0.25, 0.3) is 0 Å². The van der Waals surface area contributed by atoms with E-state index in [1.165, 1.54) is 13.0 Å². The number of carboxylic acid groups (broad SMARTS) is 1. The average Bonchev–Trinajstić information content (AvgIpc) is 2.31. The molecule has 112 valence electrons. The lowest BCUT2D eigenvalue weighted by Crippen LogP contribution is -2.48. The van der Waals surface area contributed by atoms with Crippen LogP contribution in [0.3, 0.4) is 0 Å². The Balaban J connectivity index is 3.58. The minimum Gasteiger partial charge on any atom is -0.481 e. The Morgan fingerprint density at radius 2 is 1.95 bits per heavy atom. The maximum Gasteiger partial charge on any atom is 0.392 e. The van der Waals surface area contributed by atoms with Crippen molar-refractivity contribution >= 4 is 17.6 Å². The van der Waals surface area contributed by atoms with Crippen LogP contribution in [-0.2, 0) is 10.2 Å². The van der Waals surface area contributed by atoms with Crippen LogP contribution in [0.4, 0.5) is 17.6 Å². The molecule has 7 heteroatoms. The first-order valence-corrected chi connectivity index (χ1v) is 6.20. The van der Waals surface area contributed by atoms with Crippen molar-refractivity contribution < 1.29 is 27.5 Å². The molecule has 1 aromatic carbocycles. The summed E-state index contributed by atoms with van der Waals surface area (Å²) in [6, 6.07) is 2.99. The van der Waals surface area contributed by atoms with E-state index in [2.05, 4.69) is 0 Å². The number of carbonyl (C=O) groups is 1. The predicted octanol–water partition coefficient (Wildman–Crippen LogP) is 4.41. The van der Waals surface area contributed by atoms with E-state index in [1.54, 1.807) is 0 Å². The lowest BCUT2D eigenvalue weighted by atomic mass is 9.68. The normalized spacial score (nSPS) is 16.6. The van der Waals surface area contributed by atoms with Crippen molar-refractivity contribution in [2.75, 3.05) is 0 Å². The number of halogens is 5. The van der Waals surface area contributed by atoms with Gasteiger partial charge in [0.2, 0.25) is 0 Å². The number of hydrogen-bond donors (Lipinski definition) is 1. The SMILES string of the molecule is CCC(C(=O)O)(c1ccc(Cl)cc1F)[C@@H](C)C(F)(F)F. The molecular formula is C13H13ClF4O2. The van der Waals surface area contributed by atoms with Crippen molar-refractivity contribution in [3.05, 3.63) is 34.6 Å². The number of aliphatic carboxylic acids is 1. The zero-order valence-electron chi connectivity index (χ0n) is 10.8. The Kier molecular flexibility index (Phi) is 4.69. The fraction of sp³-hybridized carbons (Fsp3) is 0.462. The lowest BCUT2D eigenvalue weighted by molar-refractivity contribution is -0.198. The molecule has 0 aliphatic rings. The third-order valence-electron chi connectivity index (χ3n) is 3.58. The highest BCUT2D eigenvalue weighted by molar-refractivity contribution is 6.30. The molecule has 0 aliphatic heterocycles. The second kappa shape index (κ2) is 5.60. The molecule has 2 atom stereocenters. The third-order valence-corrected chi connectivity index (χ3v) is 3.82. The first-order chi connectivity index (χ1) is 9.07. The molecule has 1 unspecified atom stereocenters. The first-order valence-electron chi connectivity index (χ1n) is 5.83. The minimum atomic E-state index is -4.76. The van der Waals surface area contributed by atoms with Crippen LogP contribution in [0.15, 0.2) is 18.2 Å². The summed E-state index contributed by atoms with van der Waals surface area (Å²) in [4.78, 5) is 11.5. The van der Waals surface area contributed by atoms with Gasteiger partial charge < -0.3 is 5.11 Å². The summed E-state index contributed by atoms with van der Waals surface area (Å²) >= 11 is 5.55. The van der Waals surface area contributed by atoms with Crippen molar-refractivity contribution in [1.29, 1.82) is 0 Å². The van der Waals surface area contributed by atoms with Crippen LogP contribution in [0.5, 0.6) is 0 Å². The molecule has 0 amide bonds. The van der Waals surface area contributed by atoms with Gasteiger partial charge in [-0.3, -0.25) is 4.79 Å². The van der Waals surface area contributed by atoms with Crippen molar-refractivity contribution in [2.24, 2.45) is 5.92 Å². The van der Waals surface area contributed by atoms with Gasteiger partial charge in [0.15, 0.2) is 0 Å². The lowest BCUT2D eigenvalue weighted by Gasteiger charge is -2.36. The van der Waals surface area contributed by atoms with Gasteiger partial charge in [-0.1, -0.05) is 31.5 Å². The summed E-state index contributed by atoms with van der Waals surface area (Å²) < 4.78 is 52.9. The van der Waals surface area contributed by atoms with Gasteiger partial charge in [0.05, 0.1) is 5.92 Å². The zero-order valence-corrected chi connectivity index (χ0v) is 11.5. The first kappa shape index (κ1) is 16.8. The van der Waals surface area contributed by atoms with E-state index in [4.69, 9.17) is 11.6 Å². The van der Waals surface area contributed by atoms with E-state index in [-0.39, 0.29) is 5.02 Å². The molecule has 2 nitrogen and oxygen atoms in total. The molecule has 20 heavy (non-hydrogen) atoms. The van der Waals surface area contributed by atoms with E-state index in [0.29, 0.717) is 0 Å². The number of hydrogen-bond acceptors (Lipinski definition) is 1. The molecule has 0 radical (unpaired) electrons. The maximum atomic E-state index is 13.9. The summed E-state index contributed by atoms with van der Waals surface area (Å²) in [7, 11) is 0. The van der Waals surface area contributed by atoms with Crippen LogP contribution in [-0.4, -0.2) is 17.3 Å². The molecule has 0 heterocycles. The Labute approximate surface area is 118 Å². The third kappa shape index (κ3) is 2.75. The van der Waals surface area contributed by atoms with E-state index in [9.17, 15) is 27.5 Å². The van der Waals surface area contributed by atoms with Crippen LogP contribution >= 0.6 is 11.6 Å². The van der Waals surface area contributed by atoms with Gasteiger partial charge in [0, 0.05) is 10.6 Å². The van der Waals surface area contributed by atoms with Gasteiger partial charge in [-0.05, 0) is 18.6 Å². The number of rotatable bonds is 4. The Morgan fingerprint density at radius 3 is 2.30 bits per heavy atom. The second-order valence-electron chi connectivity index (χ2n) is 4.52. The Morgan fingerprint density at radius 1 is 1.40 bits per heavy atom. The van der Waals surface area contributed by atoms with Gasteiger partial charge >= 0.3 is 12.1 Å². The topological polar surface area (TPSA) is 37.3 Å². The van der Waals surface area contributed by atoms with E-state index < -0.39 is 41.3 Å². The van der Waals surface area contributed by atoms with Crippen LogP contribution in [0.2, 0.25) is 5.02 Å². The van der Waals surface area contributed by atoms with Crippen molar-refractivity contribution in [2.45, 2.75) is 31.9 Å². The van der Waals surface area contributed by atoms with Gasteiger partial charge in [-0.15, -0.1) is 0 Å². The minimum absolute atomic E-state index is 0.0127. The van der Waals surface area contributed by atoms with Crippen LogP contribution in [0, 0.1) is 11.7 Å². The molecule has 0 spiro atoms. The number of benzene rings is 1. The summed E-state index contributed by atoms with van der Waals surface area (Å²) in [6.45, 7) is 2.02. The van der Waals surface area contributed by atoms with E-state index in [0.717, 1.165) is 19.1 Å². The molecule has 1 N–H and O–H groups in total. The van der Waals surface area contributed by atoms with Gasteiger partial charge in [0.1, 0.15) is 11.2 Å². The Bertz CT molecular complexity index is 516. The smallest absolute Gasteiger partial charge is 0.392 e. The summed E-state index contributed by atoms with van der Waals surface area (Å²) in [5.41, 5.74) is -2.89. The molecule has 0 saturated carbocycles. The summed E-state index contributed by atoms with van der Waals surface area (Å²) in [5.74, 6) is -5.02. The van der Waals surface area contributed by atoms with Crippen LogP contribution in [0.1, 0.15) is 25.8 Å². The van der Waals surface area contributed by atoms with Gasteiger partial charge in [0.25, 0.3) is 0 Å². The monoisotopic (exact) mass is 312 g/mol. The molecule has 0 aliphatic carbocycles. The van der Waals surface area contributed by atoms with Crippen molar-refractivity contribution in [1.82, 2.24) is 0 Å². The summed E-state index contributed by atoms with van der Waals surface area (Å²) in [6.07, 6.45) is -5.16. The zero-order chi connectivity index (χ0) is 15.7. The summed E-state index contributed by atoms with van der Waals surface area (Å²) in [5, 5.41) is 9.29. The average molecular weight is 313 g/mol. The molecule has 1 aromatic rings. The van der Waals surface area contributed by atoms with Crippen LogP contribution < -0.4 is 0 Å². The number of carboxylic acids is 1. The fourth-order valence-electron chi connectivity index (χ4n) is 2.31. The van der Waals surface area contributed by atoms with Gasteiger partial charge in [-0.2, -0.15) is 13.2 Å². The molecule has 0 aromatic heterocycles. The van der Waals surface area contributed by atoms with E-state index in [1.807, 2.05) is 0 Å². The molecule has 0 fully saturated rings. The highest BCUT2D eigenvalue weighted by atomic mass is 35.5. The fourth-order valence-corrected chi connectivity index (χ4v) is 2.47. The standard InChI is InChI=1S/C13H13ClF4O2/c1-3-12(11(19)20,7(2)13(16,17)18)9-5-4-8(14)6-10(9)15/h4-7H,3H2,1-2H3,(H,19,20)/t7-,12?/m1/s1. The predicted molar refractivity (Wildman–Crippen MR) is 66.2 cm³/mol. The van der Waals surface area contributed by atoms with E-state index >= 15 is 0 Å². The number of alkyl halides is 3. The molecule has 0 bridgehead atoms. The van der Waals surface area contributed by atoms with Crippen molar-refractivity contribution in [3.63, 3.8) is 0 Å². The molecule has 0 saturated heterocycles. The Hall–Kier alpha value is -1.30. The molecular weight excluding hydrogens is 300 g/mol. The highest BCUT2D eigenvalue weighted by Crippen LogP contribution is 2.45. The highest BCUT2D eigenvalue weighted by Gasteiger charge is 2.56. The molecule has 1 rings (SSSR count). The quantitative estimate of drug-likeness (QED) is 0.836. The maximum absolute atomic E-state index is 13.9. The van der Waals surface area contributed by atoms with Crippen molar-refractivity contribution in [3.8, 4) is 0 Å². The van der Waals surface area contributed by atoms with Gasteiger partial charge in [-0.25, -0.2) is 4.39 Å². The largest absolute Gasteiger partial charge is 0.481 e. The second-order valence-corrected chi connectivity index (χ2v) is 4.95.